The van der Waals surface area contributed by atoms with Gasteiger partial charge in [0.25, 0.3) is 10.0 Å². The van der Waals surface area contributed by atoms with Crippen molar-refractivity contribution >= 4 is 33.3 Å². The lowest BCUT2D eigenvalue weighted by Gasteiger charge is -2.08. The minimum atomic E-state index is -3.93. The second-order valence-corrected chi connectivity index (χ2v) is 6.37. The number of H-pyrrole nitrogens is 1. The van der Waals surface area contributed by atoms with Crippen molar-refractivity contribution in [3.05, 3.63) is 40.4 Å². The van der Waals surface area contributed by atoms with Crippen molar-refractivity contribution in [2.24, 2.45) is 0 Å². The smallest absolute Gasteiger partial charge is 0.352 e. The molecule has 2 heterocycles. The molecule has 112 valence electrons. The predicted molar refractivity (Wildman–Crippen MR) is 77.3 cm³/mol. The van der Waals surface area contributed by atoms with E-state index in [2.05, 4.69) is 14.7 Å². The van der Waals surface area contributed by atoms with Gasteiger partial charge in [0.05, 0.1) is 11.9 Å². The molecule has 0 atom stereocenters. The third-order valence-corrected chi connectivity index (χ3v) is 4.71. The number of aromatic carboxylic acids is 1. The molecule has 0 fully saturated rings. The van der Waals surface area contributed by atoms with Crippen molar-refractivity contribution in [2.75, 3.05) is 4.72 Å². The molecule has 2 aromatic rings. The van der Waals surface area contributed by atoms with Gasteiger partial charge in [0.2, 0.25) is 0 Å². The lowest BCUT2D eigenvalue weighted by Crippen LogP contribution is -2.14. The van der Waals surface area contributed by atoms with E-state index in [9.17, 15) is 13.2 Å². The van der Waals surface area contributed by atoms with Gasteiger partial charge in [-0.3, -0.25) is 4.72 Å². The molecule has 3 N–H and O–H groups in total. The van der Waals surface area contributed by atoms with Gasteiger partial charge < -0.3 is 10.1 Å². The average Bonchev–Trinajstić information content (AvgIpc) is 2.68. The largest absolute Gasteiger partial charge is 0.477 e. The normalized spacial score (nSPS) is 11.4. The Morgan fingerprint density at radius 1 is 1.38 bits per heavy atom. The molecule has 0 amide bonds. The Morgan fingerprint density at radius 2 is 2.05 bits per heavy atom. The maximum atomic E-state index is 12.4. The number of nitrogens with one attached hydrogen (secondary N) is 2. The number of pyridine rings is 1. The molecule has 21 heavy (non-hydrogen) atoms. The van der Waals surface area contributed by atoms with Crippen molar-refractivity contribution in [1.29, 1.82) is 0 Å². The van der Waals surface area contributed by atoms with Crippen LogP contribution in [0.5, 0.6) is 0 Å². The fourth-order valence-corrected chi connectivity index (χ4v) is 3.60. The second-order valence-electron chi connectivity index (χ2n) is 4.36. The van der Waals surface area contributed by atoms with Crippen LogP contribution in [0, 0.1) is 13.8 Å². The molecule has 2 aromatic heterocycles. The minimum absolute atomic E-state index is 0.0881. The molecule has 0 saturated carbocycles. The van der Waals surface area contributed by atoms with Crippen LogP contribution in [0.4, 0.5) is 5.69 Å². The zero-order chi connectivity index (χ0) is 15.8. The summed E-state index contributed by atoms with van der Waals surface area (Å²) in [5.74, 6) is -1.22. The number of nitrogens with zero attached hydrogens (tertiary/aromatic N) is 1. The number of aromatic nitrogens is 2. The molecule has 7 nitrogen and oxygen atoms in total. The molecule has 0 aliphatic rings. The van der Waals surface area contributed by atoms with E-state index in [0.29, 0.717) is 0 Å². The molecule has 9 heteroatoms. The van der Waals surface area contributed by atoms with Gasteiger partial charge in [-0.1, -0.05) is 11.6 Å². The van der Waals surface area contributed by atoms with Crippen molar-refractivity contribution in [3.63, 3.8) is 0 Å². The summed E-state index contributed by atoms with van der Waals surface area (Å²) in [5.41, 5.74) is 0.479. The van der Waals surface area contributed by atoms with E-state index >= 15 is 0 Å². The van der Waals surface area contributed by atoms with Crippen molar-refractivity contribution < 1.29 is 18.3 Å². The van der Waals surface area contributed by atoms with Crippen LogP contribution in [0.2, 0.25) is 5.15 Å². The van der Waals surface area contributed by atoms with Crippen LogP contribution >= 0.6 is 11.6 Å². The van der Waals surface area contributed by atoms with E-state index in [1.54, 1.807) is 0 Å². The zero-order valence-corrected chi connectivity index (χ0v) is 12.7. The lowest BCUT2D eigenvalue weighted by atomic mass is 10.2. The number of aromatic amines is 1. The first-order chi connectivity index (χ1) is 9.72. The van der Waals surface area contributed by atoms with Crippen molar-refractivity contribution in [2.45, 2.75) is 18.7 Å². The number of hydrogen-bond acceptors (Lipinski definition) is 4. The first-order valence-electron chi connectivity index (χ1n) is 5.79. The van der Waals surface area contributed by atoms with Gasteiger partial charge in [0.1, 0.15) is 15.7 Å². The summed E-state index contributed by atoms with van der Waals surface area (Å²) in [6, 6.07) is 2.90. The van der Waals surface area contributed by atoms with Crippen molar-refractivity contribution in [3.8, 4) is 0 Å². The lowest BCUT2D eigenvalue weighted by molar-refractivity contribution is 0.0690. The molecule has 0 radical (unpaired) electrons. The highest BCUT2D eigenvalue weighted by Crippen LogP contribution is 2.25. The summed E-state index contributed by atoms with van der Waals surface area (Å²) < 4.78 is 27.1. The van der Waals surface area contributed by atoms with Crippen LogP contribution in [0.3, 0.4) is 0 Å². The number of anilines is 1. The molecule has 0 aromatic carbocycles. The van der Waals surface area contributed by atoms with Gasteiger partial charge in [-0.2, -0.15) is 0 Å². The first kappa shape index (κ1) is 15.3. The minimum Gasteiger partial charge on any atom is -0.477 e. The first-order valence-corrected chi connectivity index (χ1v) is 7.65. The Balaban J connectivity index is 2.45. The van der Waals surface area contributed by atoms with Gasteiger partial charge >= 0.3 is 5.97 Å². The summed E-state index contributed by atoms with van der Waals surface area (Å²) in [6.45, 7) is 2.93. The van der Waals surface area contributed by atoms with Gasteiger partial charge in [0, 0.05) is 11.3 Å². The molecule has 2 rings (SSSR count). The Bertz CT molecular complexity index is 797. The van der Waals surface area contributed by atoms with Crippen LogP contribution in [-0.2, 0) is 10.0 Å². The summed E-state index contributed by atoms with van der Waals surface area (Å²) in [7, 11) is -3.93. The predicted octanol–water partition coefficient (Wildman–Crippen LogP) is 2.18. The van der Waals surface area contributed by atoms with Gasteiger partial charge in [-0.05, 0) is 26.0 Å². The van der Waals surface area contributed by atoms with Crippen LogP contribution in [0.15, 0.2) is 23.2 Å². The SMILES string of the molecule is Cc1[nH]c(C(=O)O)c(C)c1S(=O)(=O)Nc1ccc(Cl)nc1. The molecular formula is C12H12ClN3O4S. The number of carboxylic acids is 1. The molecule has 0 unspecified atom stereocenters. The number of sulfonamides is 1. The number of rotatable bonds is 4. The van der Waals surface area contributed by atoms with E-state index in [1.165, 1.54) is 32.2 Å². The number of aryl methyl sites for hydroxylation is 1. The maximum Gasteiger partial charge on any atom is 0.352 e. The molecular weight excluding hydrogens is 318 g/mol. The van der Waals surface area contributed by atoms with Gasteiger partial charge in [0.15, 0.2) is 0 Å². The second kappa shape index (κ2) is 5.38. The highest BCUT2D eigenvalue weighted by Gasteiger charge is 2.26. The van der Waals surface area contributed by atoms with Crippen molar-refractivity contribution in [1.82, 2.24) is 9.97 Å². The fraction of sp³-hybridized carbons (Fsp3) is 0.167. The van der Waals surface area contributed by atoms with Crippen LogP contribution < -0.4 is 4.72 Å². The number of halogens is 1. The summed E-state index contributed by atoms with van der Waals surface area (Å²) in [5, 5.41) is 9.25. The highest BCUT2D eigenvalue weighted by molar-refractivity contribution is 7.92. The molecule has 0 aliphatic heterocycles. The van der Waals surface area contributed by atoms with E-state index < -0.39 is 16.0 Å². The number of hydrogen-bond donors (Lipinski definition) is 3. The monoisotopic (exact) mass is 329 g/mol. The molecule has 0 aliphatic carbocycles. The van der Waals surface area contributed by atoms with Crippen LogP contribution in [-0.4, -0.2) is 29.5 Å². The van der Waals surface area contributed by atoms with Gasteiger partial charge in [-0.15, -0.1) is 0 Å². The third-order valence-electron chi connectivity index (χ3n) is 2.83. The summed E-state index contributed by atoms with van der Waals surface area (Å²) in [4.78, 5) is 17.3. The number of carbonyl (C=O) groups is 1. The zero-order valence-electron chi connectivity index (χ0n) is 11.1. The quantitative estimate of drug-likeness (QED) is 0.744. The van der Waals surface area contributed by atoms with Crippen LogP contribution in [0.25, 0.3) is 0 Å². The molecule has 0 saturated heterocycles. The third kappa shape index (κ3) is 3.01. The highest BCUT2D eigenvalue weighted by atomic mass is 35.5. The van der Waals surface area contributed by atoms with E-state index in [1.807, 2.05) is 0 Å². The van der Waals surface area contributed by atoms with E-state index in [-0.39, 0.29) is 32.7 Å². The van der Waals surface area contributed by atoms with Gasteiger partial charge in [-0.25, -0.2) is 18.2 Å². The number of carboxylic acid groups (broad SMARTS) is 1. The fourth-order valence-electron chi connectivity index (χ4n) is 1.99. The Morgan fingerprint density at radius 3 is 2.52 bits per heavy atom. The summed E-state index contributed by atoms with van der Waals surface area (Å²) in [6.07, 6.45) is 1.27. The van der Waals surface area contributed by atoms with E-state index in [0.717, 1.165) is 0 Å². The Hall–Kier alpha value is -2.06. The Kier molecular flexibility index (Phi) is 3.93. The maximum absolute atomic E-state index is 12.4. The average molecular weight is 330 g/mol. The standard InChI is InChI=1S/C12H12ClN3O4S/c1-6-10(12(17)18)15-7(2)11(6)21(19,20)16-8-3-4-9(13)14-5-8/h3-5,15-16H,1-2H3,(H,17,18). The van der Waals surface area contributed by atoms with E-state index in [4.69, 9.17) is 16.7 Å². The summed E-state index contributed by atoms with van der Waals surface area (Å²) >= 11 is 5.63. The topological polar surface area (TPSA) is 112 Å². The molecule has 0 bridgehead atoms. The van der Waals surface area contributed by atoms with Crippen LogP contribution in [0.1, 0.15) is 21.7 Å². The molecule has 0 spiro atoms. The Labute approximate surface area is 126 Å².